The number of anilines is 1. The largest absolute Gasteiger partial charge is 0.348 e. The number of sulfonamides is 1. The molecule has 2 rings (SSSR count). The third-order valence-electron chi connectivity index (χ3n) is 5.33. The highest BCUT2D eigenvalue weighted by atomic mass is 32.2. The normalized spacial score (nSPS) is 13.4. The zero-order valence-corrected chi connectivity index (χ0v) is 19.5. The van der Waals surface area contributed by atoms with E-state index in [1.54, 1.807) is 6.92 Å². The maximum absolute atomic E-state index is 13.2. The summed E-state index contributed by atoms with van der Waals surface area (Å²) in [7, 11) is -3.89. The van der Waals surface area contributed by atoms with Crippen molar-refractivity contribution >= 4 is 27.3 Å². The molecule has 0 saturated heterocycles. The number of nitro groups is 1. The number of aryl methyl sites for hydroxylation is 3. The second kappa shape index (κ2) is 9.47. The molecule has 0 radical (unpaired) electrons. The van der Waals surface area contributed by atoms with Crippen LogP contribution in [0.15, 0.2) is 36.4 Å². The molecule has 2 aromatic carbocycles. The molecule has 0 spiro atoms. The minimum Gasteiger partial charge on any atom is -0.348 e. The monoisotopic (exact) mass is 447 g/mol. The third-order valence-corrected chi connectivity index (χ3v) is 6.51. The van der Waals surface area contributed by atoms with Gasteiger partial charge in [0.05, 0.1) is 22.9 Å². The van der Waals surface area contributed by atoms with Crippen molar-refractivity contribution in [1.82, 2.24) is 5.32 Å². The first-order chi connectivity index (χ1) is 14.4. The molecular formula is C22H29N3O5S. The maximum Gasteiger partial charge on any atom is 0.271 e. The van der Waals surface area contributed by atoms with Crippen LogP contribution in [-0.4, -0.2) is 31.5 Å². The van der Waals surface area contributed by atoms with Crippen molar-refractivity contribution in [3.8, 4) is 0 Å². The fourth-order valence-corrected chi connectivity index (χ4v) is 4.84. The fourth-order valence-electron chi connectivity index (χ4n) is 3.64. The van der Waals surface area contributed by atoms with Gasteiger partial charge in [-0.25, -0.2) is 8.42 Å². The van der Waals surface area contributed by atoms with Crippen molar-refractivity contribution in [2.75, 3.05) is 10.6 Å². The molecule has 0 bridgehead atoms. The van der Waals surface area contributed by atoms with Crippen molar-refractivity contribution in [1.29, 1.82) is 0 Å². The minimum absolute atomic E-state index is 0.0775. The Labute approximate surface area is 183 Å². The molecule has 0 aromatic heterocycles. The summed E-state index contributed by atoms with van der Waals surface area (Å²) < 4.78 is 26.1. The van der Waals surface area contributed by atoms with E-state index in [2.05, 4.69) is 11.4 Å². The molecule has 9 heteroatoms. The van der Waals surface area contributed by atoms with Crippen LogP contribution in [0, 0.1) is 30.9 Å². The molecule has 2 aromatic rings. The van der Waals surface area contributed by atoms with Crippen LogP contribution in [0.1, 0.15) is 48.6 Å². The number of carbonyl (C=O) groups excluding carboxylic acids is 1. The topological polar surface area (TPSA) is 110 Å². The van der Waals surface area contributed by atoms with E-state index >= 15 is 0 Å². The number of rotatable bonds is 8. The van der Waals surface area contributed by atoms with Gasteiger partial charge in [0.15, 0.2) is 0 Å². The van der Waals surface area contributed by atoms with E-state index in [-0.39, 0.29) is 23.8 Å². The van der Waals surface area contributed by atoms with E-state index in [9.17, 15) is 23.3 Å². The first-order valence-corrected chi connectivity index (χ1v) is 11.8. The molecule has 0 aliphatic heterocycles. The third kappa shape index (κ3) is 5.61. The summed E-state index contributed by atoms with van der Waals surface area (Å²) in [5.41, 5.74) is 4.06. The summed E-state index contributed by atoms with van der Waals surface area (Å²) in [5.74, 6) is -0.468. The van der Waals surface area contributed by atoms with Crippen LogP contribution in [0.5, 0.6) is 0 Å². The van der Waals surface area contributed by atoms with Crippen molar-refractivity contribution in [3.63, 3.8) is 0 Å². The smallest absolute Gasteiger partial charge is 0.271 e. The van der Waals surface area contributed by atoms with Gasteiger partial charge in [0.25, 0.3) is 5.69 Å². The summed E-state index contributed by atoms with van der Waals surface area (Å²) >= 11 is 0. The van der Waals surface area contributed by atoms with Gasteiger partial charge in [-0.2, -0.15) is 0 Å². The molecule has 1 amide bonds. The van der Waals surface area contributed by atoms with E-state index in [4.69, 9.17) is 0 Å². The summed E-state index contributed by atoms with van der Waals surface area (Å²) in [6, 6.07) is 7.96. The number of carbonyl (C=O) groups is 1. The summed E-state index contributed by atoms with van der Waals surface area (Å²) in [4.78, 5) is 23.7. The standard InChI is InChI=1S/C22H29N3O5S/c1-7-21(22(26)23-17(5)20-12-15(3)14(2)11-16(20)4)24(31(6,29)30)18-9-8-10-19(13-18)25(27)28/h8-13,17,21H,7H2,1-6H3,(H,23,26)/t17-,21+/m1/s1. The van der Waals surface area contributed by atoms with Gasteiger partial charge in [-0.15, -0.1) is 0 Å². The SMILES string of the molecule is CC[C@@H](C(=O)N[C@H](C)c1cc(C)c(C)cc1C)N(c1cccc([N+](=O)[O-])c1)S(C)(=O)=O. The first kappa shape index (κ1) is 24.3. The van der Waals surface area contributed by atoms with Crippen LogP contribution in [0.2, 0.25) is 0 Å². The summed E-state index contributed by atoms with van der Waals surface area (Å²) in [5, 5.41) is 14.1. The number of nitrogens with zero attached hydrogens (tertiary/aromatic N) is 2. The molecule has 31 heavy (non-hydrogen) atoms. The van der Waals surface area contributed by atoms with Crippen molar-refractivity contribution in [3.05, 3.63) is 68.8 Å². The van der Waals surface area contributed by atoms with Gasteiger partial charge >= 0.3 is 0 Å². The van der Waals surface area contributed by atoms with Crippen LogP contribution in [0.4, 0.5) is 11.4 Å². The van der Waals surface area contributed by atoms with E-state index in [0.29, 0.717) is 0 Å². The molecule has 0 unspecified atom stereocenters. The van der Waals surface area contributed by atoms with Gasteiger partial charge in [-0.05, 0) is 62.4 Å². The van der Waals surface area contributed by atoms with Gasteiger partial charge in [0.1, 0.15) is 6.04 Å². The second-order valence-corrected chi connectivity index (χ2v) is 9.64. The molecule has 2 atom stereocenters. The number of hydrogen-bond donors (Lipinski definition) is 1. The molecular weight excluding hydrogens is 418 g/mol. The minimum atomic E-state index is -3.89. The summed E-state index contributed by atoms with van der Waals surface area (Å²) in [6.07, 6.45) is 1.18. The van der Waals surface area contributed by atoms with Crippen LogP contribution >= 0.6 is 0 Å². The lowest BCUT2D eigenvalue weighted by atomic mass is 9.96. The Balaban J connectivity index is 2.40. The van der Waals surface area contributed by atoms with Crippen LogP contribution in [0.3, 0.4) is 0 Å². The second-order valence-electron chi connectivity index (χ2n) is 7.78. The Hall–Kier alpha value is -2.94. The number of hydrogen-bond acceptors (Lipinski definition) is 5. The van der Waals surface area contributed by atoms with Gasteiger partial charge in [0, 0.05) is 12.1 Å². The molecule has 0 aliphatic carbocycles. The molecule has 0 saturated carbocycles. The van der Waals surface area contributed by atoms with Gasteiger partial charge in [-0.1, -0.05) is 25.1 Å². The van der Waals surface area contributed by atoms with Gasteiger partial charge in [0.2, 0.25) is 15.9 Å². The van der Waals surface area contributed by atoms with Crippen molar-refractivity contribution in [2.45, 2.75) is 53.1 Å². The fraction of sp³-hybridized carbons (Fsp3) is 0.409. The Bertz CT molecular complexity index is 1100. The average molecular weight is 448 g/mol. The molecule has 0 aliphatic rings. The zero-order chi connectivity index (χ0) is 23.5. The number of nitrogens with one attached hydrogen (secondary N) is 1. The molecule has 8 nitrogen and oxygen atoms in total. The van der Waals surface area contributed by atoms with E-state index in [1.807, 2.05) is 33.8 Å². The highest BCUT2D eigenvalue weighted by Crippen LogP contribution is 2.27. The van der Waals surface area contributed by atoms with Gasteiger partial charge in [-0.3, -0.25) is 19.2 Å². The van der Waals surface area contributed by atoms with Gasteiger partial charge < -0.3 is 5.32 Å². The number of nitro benzene ring substituents is 1. The lowest BCUT2D eigenvalue weighted by Gasteiger charge is -2.31. The number of benzene rings is 2. The van der Waals surface area contributed by atoms with Crippen LogP contribution < -0.4 is 9.62 Å². The Morgan fingerprint density at radius 2 is 1.74 bits per heavy atom. The highest BCUT2D eigenvalue weighted by molar-refractivity contribution is 7.92. The maximum atomic E-state index is 13.2. The van der Waals surface area contributed by atoms with Crippen molar-refractivity contribution in [2.24, 2.45) is 0 Å². The van der Waals surface area contributed by atoms with Crippen LogP contribution in [-0.2, 0) is 14.8 Å². The highest BCUT2D eigenvalue weighted by Gasteiger charge is 2.33. The van der Waals surface area contributed by atoms with Crippen molar-refractivity contribution < 1.29 is 18.1 Å². The van der Waals surface area contributed by atoms with E-state index in [1.165, 1.54) is 18.2 Å². The average Bonchev–Trinajstić information content (AvgIpc) is 2.67. The first-order valence-electron chi connectivity index (χ1n) is 9.98. The zero-order valence-electron chi connectivity index (χ0n) is 18.7. The predicted molar refractivity (Wildman–Crippen MR) is 122 cm³/mol. The molecule has 168 valence electrons. The van der Waals surface area contributed by atoms with E-state index in [0.717, 1.165) is 38.9 Å². The molecule has 0 heterocycles. The molecule has 1 N–H and O–H groups in total. The Kier molecular flexibility index (Phi) is 7.43. The number of non-ortho nitro benzene ring substituents is 1. The predicted octanol–water partition coefficient (Wildman–Crippen LogP) is 3.94. The Morgan fingerprint density at radius 3 is 2.29 bits per heavy atom. The number of amides is 1. The Morgan fingerprint density at radius 1 is 1.13 bits per heavy atom. The lowest BCUT2D eigenvalue weighted by Crippen LogP contribution is -2.49. The summed E-state index contributed by atoms with van der Waals surface area (Å²) in [6.45, 7) is 9.53. The lowest BCUT2D eigenvalue weighted by molar-refractivity contribution is -0.384. The molecule has 0 fully saturated rings. The van der Waals surface area contributed by atoms with E-state index < -0.39 is 26.9 Å². The van der Waals surface area contributed by atoms with Crippen LogP contribution in [0.25, 0.3) is 0 Å². The quantitative estimate of drug-likeness (QED) is 0.487.